The Balaban J connectivity index is 1.51. The highest BCUT2D eigenvalue weighted by atomic mass is 32.2. The molecule has 0 spiro atoms. The molecule has 4 nitrogen and oxygen atoms in total. The molecule has 218 valence electrons. The van der Waals surface area contributed by atoms with E-state index in [9.17, 15) is 8.42 Å². The first-order chi connectivity index (χ1) is 17.6. The number of sulfone groups is 1. The topological polar surface area (TPSA) is 49.4 Å². The minimum absolute atomic E-state index is 0.146. The molecule has 0 radical (unpaired) electrons. The monoisotopic (exact) mass is 546 g/mol. The Hall–Kier alpha value is -0.650. The van der Waals surface area contributed by atoms with Gasteiger partial charge in [-0.05, 0) is 118 Å². The van der Waals surface area contributed by atoms with Crippen molar-refractivity contribution in [3.8, 4) is 0 Å². The Morgan fingerprint density at radius 1 is 1.05 bits per heavy atom. The predicted octanol–water partition coefficient (Wildman–Crippen LogP) is 6.88. The average Bonchev–Trinajstić information content (AvgIpc) is 3.19. The molecule has 0 aromatic heterocycles. The van der Waals surface area contributed by atoms with Crippen molar-refractivity contribution in [2.45, 2.75) is 110 Å². The Morgan fingerprint density at radius 2 is 1.71 bits per heavy atom. The molecule has 0 aromatic carbocycles. The van der Waals surface area contributed by atoms with E-state index in [4.69, 9.17) is 0 Å². The lowest BCUT2D eigenvalue weighted by molar-refractivity contribution is -0.167. The van der Waals surface area contributed by atoms with Gasteiger partial charge >= 0.3 is 0 Å². The molecule has 6 atom stereocenters. The van der Waals surface area contributed by atoms with Crippen molar-refractivity contribution in [3.05, 3.63) is 24.8 Å². The molecule has 1 N–H and O–H groups in total. The second kappa shape index (κ2) is 10.6. The van der Waals surface area contributed by atoms with Gasteiger partial charge in [0.1, 0.15) is 9.84 Å². The fraction of sp³-hybridized carbons (Fsp3) is 0.879. The van der Waals surface area contributed by atoms with Crippen LogP contribution in [0.3, 0.4) is 0 Å². The summed E-state index contributed by atoms with van der Waals surface area (Å²) in [6, 6.07) is 0. The van der Waals surface area contributed by atoms with E-state index >= 15 is 0 Å². The Labute approximate surface area is 235 Å². The van der Waals surface area contributed by atoms with Gasteiger partial charge in [-0.25, -0.2) is 8.42 Å². The summed E-state index contributed by atoms with van der Waals surface area (Å²) >= 11 is 0. The molecular weight excluding hydrogens is 488 g/mol. The Bertz CT molecular complexity index is 992. The van der Waals surface area contributed by atoms with E-state index in [0.29, 0.717) is 23.2 Å². The van der Waals surface area contributed by atoms with E-state index in [-0.39, 0.29) is 21.6 Å². The minimum Gasteiger partial charge on any atom is -0.310 e. The molecule has 3 saturated carbocycles. The summed E-state index contributed by atoms with van der Waals surface area (Å²) in [5.41, 5.74) is 2.49. The highest BCUT2D eigenvalue weighted by molar-refractivity contribution is 7.91. The fourth-order valence-corrected chi connectivity index (χ4v) is 11.4. The lowest BCUT2D eigenvalue weighted by Crippen LogP contribution is -2.65. The average molecular weight is 547 g/mol. The van der Waals surface area contributed by atoms with E-state index in [1.165, 1.54) is 50.4 Å². The first kappa shape index (κ1) is 30.3. The van der Waals surface area contributed by atoms with Gasteiger partial charge in [0.25, 0.3) is 0 Å². The van der Waals surface area contributed by atoms with Crippen LogP contribution in [-0.4, -0.2) is 56.5 Å². The molecule has 0 amide bonds. The third-order valence-corrected chi connectivity index (χ3v) is 14.4. The number of likely N-dealkylation sites (tertiary alicyclic amines) is 1. The summed E-state index contributed by atoms with van der Waals surface area (Å²) in [5, 5.41) is 4.05. The highest BCUT2D eigenvalue weighted by Crippen LogP contribution is 2.70. The van der Waals surface area contributed by atoms with E-state index in [0.717, 1.165) is 51.4 Å². The number of rotatable bonds is 9. The molecule has 0 bridgehead atoms. The van der Waals surface area contributed by atoms with Crippen molar-refractivity contribution < 1.29 is 8.42 Å². The van der Waals surface area contributed by atoms with E-state index in [1.54, 1.807) is 0 Å². The Kier molecular flexibility index (Phi) is 8.48. The van der Waals surface area contributed by atoms with E-state index < -0.39 is 9.84 Å². The van der Waals surface area contributed by atoms with Crippen LogP contribution >= 0.6 is 0 Å². The van der Waals surface area contributed by atoms with Gasteiger partial charge in [-0.1, -0.05) is 52.8 Å². The molecule has 1 heterocycles. The van der Waals surface area contributed by atoms with Crippen molar-refractivity contribution in [2.75, 3.05) is 32.4 Å². The van der Waals surface area contributed by atoms with Gasteiger partial charge in [0.05, 0.1) is 5.25 Å². The molecule has 1 unspecified atom stereocenters. The molecular formula is C33H58N2O2S. The second-order valence-electron chi connectivity index (χ2n) is 15.3. The van der Waals surface area contributed by atoms with Crippen molar-refractivity contribution in [3.63, 3.8) is 0 Å². The first-order valence-electron chi connectivity index (χ1n) is 15.5. The van der Waals surface area contributed by atoms with Gasteiger partial charge in [0.2, 0.25) is 0 Å². The summed E-state index contributed by atoms with van der Waals surface area (Å²) in [4.78, 5) is 2.48. The molecule has 0 aromatic rings. The number of hydrogen-bond donors (Lipinski definition) is 1. The smallest absolute Gasteiger partial charge is 0.150 e. The van der Waals surface area contributed by atoms with Gasteiger partial charge < -0.3 is 10.2 Å². The van der Waals surface area contributed by atoms with Crippen LogP contribution in [0.2, 0.25) is 0 Å². The number of nitrogens with zero attached hydrogens (tertiary/aromatic N) is 1. The maximum atomic E-state index is 12.0. The molecule has 4 rings (SSSR count). The van der Waals surface area contributed by atoms with E-state index in [1.807, 2.05) is 0 Å². The minimum atomic E-state index is -2.91. The zero-order chi connectivity index (χ0) is 28.1. The molecule has 4 aliphatic rings. The Morgan fingerprint density at radius 3 is 2.29 bits per heavy atom. The van der Waals surface area contributed by atoms with Crippen molar-refractivity contribution >= 4 is 9.84 Å². The standard InChI is InChI=1S/C33H58N2O2S/c1-10-16-30(4,5)28-12-11-27-29-26(24(2)3)13-17-33(29,19-18-32(27,8)31(28,6)7)34-20-23-35-21-14-25(15-22-35)38(9,36)37/h10,25-29,34H,1-2,11-23H2,3-9H3/t26-,27+,28?,29+,32+,33-/m0/s1. The zero-order valence-electron chi connectivity index (χ0n) is 25.7. The molecule has 38 heavy (non-hydrogen) atoms. The van der Waals surface area contributed by atoms with Crippen molar-refractivity contribution in [1.82, 2.24) is 10.2 Å². The first-order valence-corrected chi connectivity index (χ1v) is 17.5. The van der Waals surface area contributed by atoms with Crippen LogP contribution in [-0.2, 0) is 9.84 Å². The lowest BCUT2D eigenvalue weighted by atomic mass is 9.39. The van der Waals surface area contributed by atoms with Crippen LogP contribution in [0.5, 0.6) is 0 Å². The molecule has 3 aliphatic carbocycles. The normalized spacial score (nSPS) is 38.4. The summed E-state index contributed by atoms with van der Waals surface area (Å²) < 4.78 is 24.0. The predicted molar refractivity (Wildman–Crippen MR) is 162 cm³/mol. The van der Waals surface area contributed by atoms with Gasteiger partial charge in [0, 0.05) is 24.9 Å². The zero-order valence-corrected chi connectivity index (χ0v) is 26.6. The van der Waals surface area contributed by atoms with Crippen LogP contribution in [0.1, 0.15) is 99.3 Å². The van der Waals surface area contributed by atoms with Crippen LogP contribution < -0.4 is 5.32 Å². The summed E-state index contributed by atoms with van der Waals surface area (Å²) in [6.45, 7) is 27.5. The van der Waals surface area contributed by atoms with Gasteiger partial charge in [0.15, 0.2) is 0 Å². The summed E-state index contributed by atoms with van der Waals surface area (Å²) in [6.07, 6.45) is 13.9. The second-order valence-corrected chi connectivity index (χ2v) is 17.7. The number of fused-ring (bicyclic) bond motifs is 3. The molecule has 1 saturated heterocycles. The number of hydrogen-bond acceptors (Lipinski definition) is 4. The van der Waals surface area contributed by atoms with E-state index in [2.05, 4.69) is 71.0 Å². The number of nitrogens with one attached hydrogen (secondary N) is 1. The van der Waals surface area contributed by atoms with Crippen LogP contribution in [0.15, 0.2) is 24.8 Å². The third-order valence-electron chi connectivity index (χ3n) is 12.7. The third kappa shape index (κ3) is 5.22. The van der Waals surface area contributed by atoms with Crippen molar-refractivity contribution in [1.29, 1.82) is 0 Å². The van der Waals surface area contributed by atoms with Crippen LogP contribution in [0, 0.1) is 39.9 Å². The van der Waals surface area contributed by atoms with Crippen LogP contribution in [0.25, 0.3) is 0 Å². The van der Waals surface area contributed by atoms with Gasteiger partial charge in [-0.2, -0.15) is 0 Å². The number of piperidine rings is 1. The van der Waals surface area contributed by atoms with Gasteiger partial charge in [-0.3, -0.25) is 0 Å². The highest BCUT2D eigenvalue weighted by Gasteiger charge is 2.65. The largest absolute Gasteiger partial charge is 0.310 e. The maximum absolute atomic E-state index is 12.0. The lowest BCUT2D eigenvalue weighted by Gasteiger charge is -2.67. The van der Waals surface area contributed by atoms with Crippen LogP contribution in [0.4, 0.5) is 0 Å². The SMILES string of the molecule is C=CCC(C)(C)C1CC[C@@H]2[C@H]3[C@H](C(=C)C)CC[C@]3(NCCN3CCC(S(C)(=O)=O)CC3)CC[C@@]2(C)C1(C)C. The van der Waals surface area contributed by atoms with Crippen molar-refractivity contribution in [2.24, 2.45) is 39.9 Å². The fourth-order valence-electron chi connectivity index (χ4n) is 10.3. The molecule has 4 fully saturated rings. The summed E-state index contributed by atoms with van der Waals surface area (Å²) in [7, 11) is -2.91. The van der Waals surface area contributed by atoms with Gasteiger partial charge in [-0.15, -0.1) is 6.58 Å². The quantitative estimate of drug-likeness (QED) is 0.320. The molecule has 1 aliphatic heterocycles. The number of allylic oxidation sites excluding steroid dienone is 2. The molecule has 5 heteroatoms. The summed E-state index contributed by atoms with van der Waals surface area (Å²) in [5.74, 6) is 2.71. The maximum Gasteiger partial charge on any atom is 0.150 e.